The van der Waals surface area contributed by atoms with E-state index in [1.807, 2.05) is 17.0 Å². The van der Waals surface area contributed by atoms with Crippen molar-refractivity contribution in [3.63, 3.8) is 0 Å². The molecule has 3 heterocycles. The molecule has 1 amide bonds. The van der Waals surface area contributed by atoms with Crippen LogP contribution in [0.15, 0.2) is 53.7 Å². The molecule has 1 N–H and O–H groups in total. The van der Waals surface area contributed by atoms with Crippen LogP contribution in [0.25, 0.3) is 0 Å². The molecule has 4 rings (SSSR count). The van der Waals surface area contributed by atoms with Crippen LogP contribution in [0.4, 0.5) is 0 Å². The van der Waals surface area contributed by atoms with Gasteiger partial charge in [-0.15, -0.1) is 6.58 Å². The zero-order chi connectivity index (χ0) is 23.8. The lowest BCUT2D eigenvalue weighted by molar-refractivity contribution is 0.0622. The Labute approximate surface area is 202 Å². The molecule has 2 saturated heterocycles. The van der Waals surface area contributed by atoms with Crippen LogP contribution < -0.4 is 0 Å². The minimum absolute atomic E-state index is 0.0484. The smallest absolute Gasteiger partial charge is 0.275 e. The zero-order valence-electron chi connectivity index (χ0n) is 20.0. The van der Waals surface area contributed by atoms with Crippen molar-refractivity contribution in [2.75, 3.05) is 58.9 Å². The van der Waals surface area contributed by atoms with Gasteiger partial charge in [-0.3, -0.25) is 19.5 Å². The standard InChI is InChI=1S/C26H37N5O3/c1-2-3-9-23(32)19-29-10-12-30(13-11-29)20-25-27-24(21-34-25)26(33)31-16-14-28(15-17-31)18-22-7-5-4-6-8-22/h2,4-8,21,23,32H,1,3,9-20H2. The van der Waals surface area contributed by atoms with Crippen molar-refractivity contribution in [3.8, 4) is 0 Å². The molecule has 8 nitrogen and oxygen atoms in total. The van der Waals surface area contributed by atoms with Gasteiger partial charge < -0.3 is 14.4 Å². The maximum absolute atomic E-state index is 12.9. The number of rotatable bonds is 10. The molecule has 2 aromatic rings. The van der Waals surface area contributed by atoms with Crippen LogP contribution in [0.1, 0.15) is 34.8 Å². The van der Waals surface area contributed by atoms with E-state index in [0.717, 1.165) is 58.7 Å². The van der Waals surface area contributed by atoms with Crippen molar-refractivity contribution in [3.05, 3.63) is 66.4 Å². The van der Waals surface area contributed by atoms with E-state index in [0.29, 0.717) is 37.8 Å². The number of carbonyl (C=O) groups is 1. The van der Waals surface area contributed by atoms with Crippen LogP contribution in [-0.4, -0.2) is 101 Å². The van der Waals surface area contributed by atoms with Crippen LogP contribution in [0.3, 0.4) is 0 Å². The monoisotopic (exact) mass is 467 g/mol. The number of aliphatic hydroxyl groups excluding tert-OH is 1. The number of benzene rings is 1. The number of oxazole rings is 1. The molecule has 1 unspecified atom stereocenters. The van der Waals surface area contributed by atoms with Gasteiger partial charge in [0.2, 0.25) is 5.89 Å². The van der Waals surface area contributed by atoms with E-state index in [-0.39, 0.29) is 12.0 Å². The van der Waals surface area contributed by atoms with Crippen molar-refractivity contribution < 1.29 is 14.3 Å². The Morgan fingerprint density at radius 2 is 1.65 bits per heavy atom. The molecule has 1 atom stereocenters. The molecule has 0 aliphatic carbocycles. The normalized spacial score (nSPS) is 19.3. The Hall–Kier alpha value is -2.52. The first kappa shape index (κ1) is 24.6. The first-order chi connectivity index (χ1) is 16.6. The quantitative estimate of drug-likeness (QED) is 0.536. The van der Waals surface area contributed by atoms with E-state index in [1.165, 1.54) is 11.8 Å². The summed E-state index contributed by atoms with van der Waals surface area (Å²) < 4.78 is 5.64. The largest absolute Gasteiger partial charge is 0.447 e. The van der Waals surface area contributed by atoms with E-state index in [1.54, 1.807) is 0 Å². The maximum Gasteiger partial charge on any atom is 0.275 e. The summed E-state index contributed by atoms with van der Waals surface area (Å²) in [6.07, 6.45) is 4.65. The summed E-state index contributed by atoms with van der Waals surface area (Å²) in [5.74, 6) is 0.540. The summed E-state index contributed by atoms with van der Waals surface area (Å²) in [6, 6.07) is 10.4. The maximum atomic E-state index is 12.9. The third kappa shape index (κ3) is 6.99. The lowest BCUT2D eigenvalue weighted by Crippen LogP contribution is -2.48. The molecule has 2 aliphatic rings. The number of carbonyl (C=O) groups excluding carboxylic acids is 1. The van der Waals surface area contributed by atoms with Gasteiger partial charge in [-0.1, -0.05) is 36.4 Å². The second-order valence-electron chi connectivity index (χ2n) is 9.28. The number of β-amino-alcohol motifs (C(OH)–C–C–N with tert-alkyl or cyclic N) is 1. The van der Waals surface area contributed by atoms with Crippen molar-refractivity contribution in [2.45, 2.75) is 32.0 Å². The van der Waals surface area contributed by atoms with E-state index >= 15 is 0 Å². The summed E-state index contributed by atoms with van der Waals surface area (Å²) in [7, 11) is 0. The number of piperazine rings is 2. The minimum Gasteiger partial charge on any atom is -0.447 e. The topological polar surface area (TPSA) is 76.3 Å². The summed E-state index contributed by atoms with van der Waals surface area (Å²) in [6.45, 7) is 12.7. The molecule has 34 heavy (non-hydrogen) atoms. The Kier molecular flexibility index (Phi) is 8.87. The summed E-state index contributed by atoms with van der Waals surface area (Å²) >= 11 is 0. The number of hydrogen-bond acceptors (Lipinski definition) is 7. The van der Waals surface area contributed by atoms with Crippen LogP contribution >= 0.6 is 0 Å². The van der Waals surface area contributed by atoms with E-state index < -0.39 is 0 Å². The number of aliphatic hydroxyl groups is 1. The van der Waals surface area contributed by atoms with Gasteiger partial charge in [0.1, 0.15) is 6.26 Å². The van der Waals surface area contributed by atoms with Gasteiger partial charge in [0.05, 0.1) is 12.6 Å². The molecule has 2 fully saturated rings. The van der Waals surface area contributed by atoms with Crippen LogP contribution in [0, 0.1) is 0 Å². The molecule has 2 aliphatic heterocycles. The highest BCUT2D eigenvalue weighted by atomic mass is 16.3. The second kappa shape index (κ2) is 12.3. The van der Waals surface area contributed by atoms with Gasteiger partial charge in [0.15, 0.2) is 5.69 Å². The number of nitrogens with zero attached hydrogens (tertiary/aromatic N) is 5. The van der Waals surface area contributed by atoms with Gasteiger partial charge in [-0.2, -0.15) is 0 Å². The lowest BCUT2D eigenvalue weighted by Gasteiger charge is -2.35. The summed E-state index contributed by atoms with van der Waals surface area (Å²) in [4.78, 5) is 26.3. The second-order valence-corrected chi connectivity index (χ2v) is 9.28. The van der Waals surface area contributed by atoms with Crippen molar-refractivity contribution in [2.24, 2.45) is 0 Å². The molecular weight excluding hydrogens is 430 g/mol. The Balaban J connectivity index is 1.19. The number of allylic oxidation sites excluding steroid dienone is 1. The number of aromatic nitrogens is 1. The molecule has 0 spiro atoms. The molecule has 0 bridgehead atoms. The number of hydrogen-bond donors (Lipinski definition) is 1. The Morgan fingerprint density at radius 1 is 1.00 bits per heavy atom. The fraction of sp³-hybridized carbons (Fsp3) is 0.538. The summed E-state index contributed by atoms with van der Waals surface area (Å²) in [5.41, 5.74) is 1.70. The number of amides is 1. The van der Waals surface area contributed by atoms with E-state index in [4.69, 9.17) is 4.42 Å². The Morgan fingerprint density at radius 3 is 2.35 bits per heavy atom. The average molecular weight is 468 g/mol. The van der Waals surface area contributed by atoms with Crippen molar-refractivity contribution in [1.82, 2.24) is 24.6 Å². The molecule has 1 aromatic carbocycles. The predicted molar refractivity (Wildman–Crippen MR) is 131 cm³/mol. The average Bonchev–Trinajstić information content (AvgIpc) is 3.33. The molecule has 0 saturated carbocycles. The van der Waals surface area contributed by atoms with Gasteiger partial charge >= 0.3 is 0 Å². The van der Waals surface area contributed by atoms with Gasteiger partial charge in [0.25, 0.3) is 5.91 Å². The lowest BCUT2D eigenvalue weighted by atomic mass is 10.1. The highest BCUT2D eigenvalue weighted by molar-refractivity contribution is 5.92. The highest BCUT2D eigenvalue weighted by Gasteiger charge is 2.25. The molecule has 1 aromatic heterocycles. The van der Waals surface area contributed by atoms with Crippen LogP contribution in [0.5, 0.6) is 0 Å². The van der Waals surface area contributed by atoms with Crippen LogP contribution in [-0.2, 0) is 13.1 Å². The Bertz CT molecular complexity index is 902. The third-order valence-electron chi connectivity index (χ3n) is 6.68. The van der Waals surface area contributed by atoms with E-state index in [9.17, 15) is 9.90 Å². The third-order valence-corrected chi connectivity index (χ3v) is 6.68. The fourth-order valence-electron chi connectivity index (χ4n) is 4.62. The fourth-order valence-corrected chi connectivity index (χ4v) is 4.62. The predicted octanol–water partition coefficient (Wildman–Crippen LogP) is 2.08. The molecule has 8 heteroatoms. The minimum atomic E-state index is -0.301. The van der Waals surface area contributed by atoms with Crippen LogP contribution in [0.2, 0.25) is 0 Å². The highest BCUT2D eigenvalue weighted by Crippen LogP contribution is 2.14. The molecule has 0 radical (unpaired) electrons. The summed E-state index contributed by atoms with van der Waals surface area (Å²) in [5, 5.41) is 10.1. The van der Waals surface area contributed by atoms with Gasteiger partial charge in [0, 0.05) is 65.4 Å². The first-order valence-electron chi connectivity index (χ1n) is 12.3. The van der Waals surface area contributed by atoms with Gasteiger partial charge in [-0.05, 0) is 18.4 Å². The zero-order valence-corrected chi connectivity index (χ0v) is 20.0. The van der Waals surface area contributed by atoms with Gasteiger partial charge in [-0.25, -0.2) is 4.98 Å². The van der Waals surface area contributed by atoms with E-state index in [2.05, 4.69) is 50.5 Å². The van der Waals surface area contributed by atoms with Crippen molar-refractivity contribution >= 4 is 5.91 Å². The molecular formula is C26H37N5O3. The first-order valence-corrected chi connectivity index (χ1v) is 12.3. The van der Waals surface area contributed by atoms with Crippen molar-refractivity contribution in [1.29, 1.82) is 0 Å². The SMILES string of the molecule is C=CCCC(O)CN1CCN(Cc2nc(C(=O)N3CCN(Cc4ccccc4)CC3)co2)CC1. The molecule has 184 valence electrons.